The summed E-state index contributed by atoms with van der Waals surface area (Å²) >= 11 is 2.19. The highest BCUT2D eigenvalue weighted by Crippen LogP contribution is 2.21. The van der Waals surface area contributed by atoms with Crippen LogP contribution in [0.25, 0.3) is 0 Å². The number of nitrogens with one attached hydrogen (secondary N) is 2. The Morgan fingerprint density at radius 1 is 1.22 bits per heavy atom. The lowest BCUT2D eigenvalue weighted by Crippen LogP contribution is -2.49. The van der Waals surface area contributed by atoms with E-state index in [1.807, 2.05) is 25.1 Å². The maximum Gasteiger partial charge on any atom is 0.255 e. The summed E-state index contributed by atoms with van der Waals surface area (Å²) in [5, 5.41) is 5.40. The van der Waals surface area contributed by atoms with Crippen molar-refractivity contribution in [1.29, 1.82) is 0 Å². The number of carbonyl (C=O) groups excluding carboxylic acids is 2. The number of hydrogen-bond acceptors (Lipinski definition) is 4. The Hall–Kier alpha value is -1.98. The van der Waals surface area contributed by atoms with Crippen molar-refractivity contribution in [2.75, 3.05) is 25.0 Å². The number of halogens is 1. The molecule has 7 nitrogen and oxygen atoms in total. The topological polar surface area (TPSA) is 95.6 Å². The molecule has 0 spiro atoms. The van der Waals surface area contributed by atoms with Gasteiger partial charge in [-0.1, -0.05) is 6.07 Å². The molecular formula is C18H18IN3O4S. The molecule has 0 atom stereocenters. The number of benzene rings is 2. The normalized spacial score (nSPS) is 15.3. The number of sulfonamides is 1. The van der Waals surface area contributed by atoms with Crippen molar-refractivity contribution < 1.29 is 18.0 Å². The summed E-state index contributed by atoms with van der Waals surface area (Å²) in [4.78, 5) is 24.1. The molecular weight excluding hydrogens is 481 g/mol. The average Bonchev–Trinajstić information content (AvgIpc) is 2.64. The first-order valence-corrected chi connectivity index (χ1v) is 10.7. The summed E-state index contributed by atoms with van der Waals surface area (Å²) in [7, 11) is -3.85. The number of anilines is 1. The van der Waals surface area contributed by atoms with Crippen LogP contribution >= 0.6 is 22.6 Å². The molecule has 0 aliphatic carbocycles. The van der Waals surface area contributed by atoms with Gasteiger partial charge < -0.3 is 10.6 Å². The van der Waals surface area contributed by atoms with Crippen molar-refractivity contribution in [1.82, 2.24) is 9.62 Å². The van der Waals surface area contributed by atoms with E-state index in [9.17, 15) is 18.0 Å². The fraction of sp³-hybridized carbons (Fsp3) is 0.222. The molecule has 2 N–H and O–H groups in total. The number of rotatable bonds is 4. The van der Waals surface area contributed by atoms with Crippen molar-refractivity contribution in [3.05, 3.63) is 57.2 Å². The minimum absolute atomic E-state index is 0.0100. The molecule has 2 amide bonds. The van der Waals surface area contributed by atoms with E-state index < -0.39 is 15.9 Å². The van der Waals surface area contributed by atoms with Crippen LogP contribution in [0.3, 0.4) is 0 Å². The first-order chi connectivity index (χ1) is 12.8. The van der Waals surface area contributed by atoms with Crippen LogP contribution in [0.2, 0.25) is 0 Å². The Kier molecular flexibility index (Phi) is 5.82. The largest absolute Gasteiger partial charge is 0.354 e. The lowest BCUT2D eigenvalue weighted by atomic mass is 10.1. The van der Waals surface area contributed by atoms with Crippen molar-refractivity contribution in [3.63, 3.8) is 0 Å². The zero-order valence-corrected chi connectivity index (χ0v) is 17.5. The molecule has 0 bridgehead atoms. The van der Waals surface area contributed by atoms with Crippen molar-refractivity contribution in [2.24, 2.45) is 0 Å². The van der Waals surface area contributed by atoms with E-state index in [1.165, 1.54) is 18.2 Å². The van der Waals surface area contributed by atoms with E-state index >= 15 is 0 Å². The van der Waals surface area contributed by atoms with E-state index in [-0.39, 0.29) is 36.0 Å². The van der Waals surface area contributed by atoms with Crippen LogP contribution in [-0.2, 0) is 14.8 Å². The third-order valence-electron chi connectivity index (χ3n) is 4.17. The molecule has 1 aliphatic heterocycles. The van der Waals surface area contributed by atoms with E-state index in [4.69, 9.17) is 0 Å². The van der Waals surface area contributed by atoms with Gasteiger partial charge in [-0.15, -0.1) is 0 Å². The Morgan fingerprint density at radius 3 is 2.70 bits per heavy atom. The Balaban J connectivity index is 1.84. The number of carbonyl (C=O) groups is 2. The maximum atomic E-state index is 12.8. The van der Waals surface area contributed by atoms with E-state index in [1.54, 1.807) is 6.07 Å². The van der Waals surface area contributed by atoms with Gasteiger partial charge in [0.25, 0.3) is 5.91 Å². The number of hydrogen-bond donors (Lipinski definition) is 2. The van der Waals surface area contributed by atoms with Crippen LogP contribution in [0.1, 0.15) is 15.9 Å². The highest BCUT2D eigenvalue weighted by molar-refractivity contribution is 14.1. The molecule has 142 valence electrons. The molecule has 0 unspecified atom stereocenters. The average molecular weight is 499 g/mol. The first kappa shape index (κ1) is 19.8. The summed E-state index contributed by atoms with van der Waals surface area (Å²) in [6.07, 6.45) is 0. The fourth-order valence-electron chi connectivity index (χ4n) is 2.73. The molecule has 0 aromatic heterocycles. The second-order valence-electron chi connectivity index (χ2n) is 6.13. The monoisotopic (exact) mass is 499 g/mol. The SMILES string of the molecule is Cc1cc(I)ccc1NC(=O)c1cccc(S(=O)(=O)N2CCNC(=O)C2)c1. The molecule has 27 heavy (non-hydrogen) atoms. The van der Waals surface area contributed by atoms with E-state index in [0.717, 1.165) is 13.4 Å². The van der Waals surface area contributed by atoms with Crippen molar-refractivity contribution in [2.45, 2.75) is 11.8 Å². The molecule has 1 fully saturated rings. The Morgan fingerprint density at radius 2 is 2.00 bits per heavy atom. The summed E-state index contributed by atoms with van der Waals surface area (Å²) in [6, 6.07) is 11.5. The van der Waals surface area contributed by atoms with Gasteiger partial charge in [0, 0.05) is 27.9 Å². The molecule has 2 aromatic rings. The third-order valence-corrected chi connectivity index (χ3v) is 6.69. The van der Waals surface area contributed by atoms with Gasteiger partial charge in [-0.2, -0.15) is 4.31 Å². The van der Waals surface area contributed by atoms with Gasteiger partial charge in [0.2, 0.25) is 15.9 Å². The van der Waals surface area contributed by atoms with Gasteiger partial charge in [-0.3, -0.25) is 9.59 Å². The molecule has 2 aromatic carbocycles. The van der Waals surface area contributed by atoms with Crippen LogP contribution in [0.15, 0.2) is 47.4 Å². The minimum Gasteiger partial charge on any atom is -0.354 e. The van der Waals surface area contributed by atoms with Crippen molar-refractivity contribution >= 4 is 50.1 Å². The molecule has 1 heterocycles. The lowest BCUT2D eigenvalue weighted by molar-refractivity contribution is -0.122. The predicted octanol–water partition coefficient (Wildman–Crippen LogP) is 1.97. The second-order valence-corrected chi connectivity index (χ2v) is 9.31. The van der Waals surface area contributed by atoms with Crippen LogP contribution in [0.5, 0.6) is 0 Å². The Bertz CT molecular complexity index is 1010. The zero-order chi connectivity index (χ0) is 19.6. The number of amides is 2. The minimum atomic E-state index is -3.85. The predicted molar refractivity (Wildman–Crippen MR) is 110 cm³/mol. The van der Waals surface area contributed by atoms with Crippen LogP contribution in [-0.4, -0.2) is 44.2 Å². The quantitative estimate of drug-likeness (QED) is 0.630. The van der Waals surface area contributed by atoms with Crippen LogP contribution < -0.4 is 10.6 Å². The summed E-state index contributed by atoms with van der Waals surface area (Å²) in [6.45, 7) is 2.14. The molecule has 0 radical (unpaired) electrons. The van der Waals surface area contributed by atoms with Gasteiger partial charge in [-0.05, 0) is 71.5 Å². The standard InChI is InChI=1S/C18H18IN3O4S/c1-12-9-14(19)5-6-16(12)21-18(24)13-3-2-4-15(10-13)27(25,26)22-8-7-20-17(23)11-22/h2-6,9-10H,7-8,11H2,1H3,(H,20,23)(H,21,24). The molecule has 1 saturated heterocycles. The van der Waals surface area contributed by atoms with E-state index in [2.05, 4.69) is 33.2 Å². The molecule has 0 saturated carbocycles. The summed E-state index contributed by atoms with van der Waals surface area (Å²) in [5.41, 5.74) is 1.82. The smallest absolute Gasteiger partial charge is 0.255 e. The van der Waals surface area contributed by atoms with Gasteiger partial charge >= 0.3 is 0 Å². The third kappa shape index (κ3) is 4.47. The van der Waals surface area contributed by atoms with Gasteiger partial charge in [0.05, 0.1) is 11.4 Å². The number of aryl methyl sites for hydroxylation is 1. The summed E-state index contributed by atoms with van der Waals surface area (Å²) in [5.74, 6) is -0.736. The highest BCUT2D eigenvalue weighted by Gasteiger charge is 2.29. The highest BCUT2D eigenvalue weighted by atomic mass is 127. The fourth-order valence-corrected chi connectivity index (χ4v) is 4.82. The molecule has 3 rings (SSSR count). The van der Waals surface area contributed by atoms with E-state index in [0.29, 0.717) is 5.69 Å². The van der Waals surface area contributed by atoms with Crippen LogP contribution in [0, 0.1) is 10.5 Å². The number of nitrogens with zero attached hydrogens (tertiary/aromatic N) is 1. The Labute approximate surface area is 171 Å². The first-order valence-electron chi connectivity index (χ1n) is 8.22. The zero-order valence-electron chi connectivity index (χ0n) is 14.5. The lowest BCUT2D eigenvalue weighted by Gasteiger charge is -2.26. The van der Waals surface area contributed by atoms with Gasteiger partial charge in [-0.25, -0.2) is 8.42 Å². The molecule has 1 aliphatic rings. The van der Waals surface area contributed by atoms with Gasteiger partial charge in [0.15, 0.2) is 0 Å². The number of piperazine rings is 1. The van der Waals surface area contributed by atoms with Crippen LogP contribution in [0.4, 0.5) is 5.69 Å². The second kappa shape index (κ2) is 7.95. The van der Waals surface area contributed by atoms with Crippen molar-refractivity contribution in [3.8, 4) is 0 Å². The molecule has 9 heteroatoms. The van der Waals surface area contributed by atoms with Gasteiger partial charge in [0.1, 0.15) is 0 Å². The summed E-state index contributed by atoms with van der Waals surface area (Å²) < 4.78 is 27.7. The maximum absolute atomic E-state index is 12.8.